The number of amides is 1. The van der Waals surface area contributed by atoms with Gasteiger partial charge in [-0.3, -0.25) is 8.32 Å². The maximum Gasteiger partial charge on any atom is 0.261 e. The average molecular weight is 416 g/mol. The van der Waals surface area contributed by atoms with Crippen LogP contribution in [-0.4, -0.2) is 16.1 Å². The van der Waals surface area contributed by atoms with Gasteiger partial charge in [-0.2, -0.15) is 0 Å². The van der Waals surface area contributed by atoms with Gasteiger partial charge in [-0.1, -0.05) is 41.6 Å². The van der Waals surface area contributed by atoms with Gasteiger partial charge in [0.1, 0.15) is 10.2 Å². The van der Waals surface area contributed by atoms with Gasteiger partial charge in [-0.05, 0) is 12.1 Å². The molecule has 1 N–H and O–H groups in total. The van der Waals surface area contributed by atoms with E-state index in [0.29, 0.717) is 16.4 Å². The summed E-state index contributed by atoms with van der Waals surface area (Å²) in [5.41, 5.74) is 1.93. The predicted molar refractivity (Wildman–Crippen MR) is 88.3 cm³/mol. The third-order valence-electron chi connectivity index (χ3n) is 2.71. The number of aliphatic imine (C=N–C) groups is 1. The fraction of sp³-hybridized carbons (Fsp3) is 0. The lowest BCUT2D eigenvalue weighted by Crippen LogP contribution is -2.11. The molecule has 7 heteroatoms. The number of carbonyl (C=O) groups excluding carboxylic acids is 1. The Labute approximate surface area is 138 Å². The van der Waals surface area contributed by atoms with Crippen molar-refractivity contribution < 1.29 is 4.79 Å². The summed E-state index contributed by atoms with van der Waals surface area (Å²) < 4.78 is 2.53. The molecular formula is C13H7ClIN3OS. The molecule has 2 heterocycles. The summed E-state index contributed by atoms with van der Waals surface area (Å²) in [7, 11) is 0. The summed E-state index contributed by atoms with van der Waals surface area (Å²) >= 11 is 9.53. The lowest BCUT2D eigenvalue weighted by atomic mass is 10.2. The molecule has 0 fully saturated rings. The van der Waals surface area contributed by atoms with E-state index in [9.17, 15) is 4.79 Å². The topological polar surface area (TPSA) is 54.4 Å². The van der Waals surface area contributed by atoms with Crippen LogP contribution >= 0.6 is 46.2 Å². The number of pyridine rings is 1. The maximum atomic E-state index is 11.6. The molecule has 1 amide bonds. The number of halogens is 2. The predicted octanol–water partition coefficient (Wildman–Crippen LogP) is 3.94. The molecule has 20 heavy (non-hydrogen) atoms. The van der Waals surface area contributed by atoms with Crippen molar-refractivity contribution in [1.82, 2.24) is 8.51 Å². The molecule has 0 spiro atoms. The summed E-state index contributed by atoms with van der Waals surface area (Å²) in [6.45, 7) is 0. The first-order valence-electron chi connectivity index (χ1n) is 5.61. The number of rotatable bonds is 1. The minimum absolute atomic E-state index is 0.209. The largest absolute Gasteiger partial charge is 0.295 e. The molecule has 1 aliphatic heterocycles. The lowest BCUT2D eigenvalue weighted by Gasteiger charge is -2.04. The van der Waals surface area contributed by atoms with Crippen molar-refractivity contribution in [3.63, 3.8) is 0 Å². The van der Waals surface area contributed by atoms with E-state index in [1.807, 2.05) is 24.3 Å². The second-order valence-electron chi connectivity index (χ2n) is 3.97. The number of fused-ring (bicyclic) bond motifs is 2. The van der Waals surface area contributed by atoms with Crippen LogP contribution < -0.4 is 3.53 Å². The van der Waals surface area contributed by atoms with Crippen LogP contribution in [-0.2, 0) is 0 Å². The Bertz CT molecular complexity index is 735. The van der Waals surface area contributed by atoms with E-state index in [2.05, 4.69) is 13.5 Å². The monoisotopic (exact) mass is 415 g/mol. The second kappa shape index (κ2) is 5.71. The van der Waals surface area contributed by atoms with Crippen molar-refractivity contribution in [3.8, 4) is 0 Å². The quantitative estimate of drug-likeness (QED) is 0.567. The molecule has 0 aliphatic carbocycles. The van der Waals surface area contributed by atoms with Gasteiger partial charge in [0, 0.05) is 16.7 Å². The van der Waals surface area contributed by atoms with Gasteiger partial charge in [-0.25, -0.2) is 9.98 Å². The van der Waals surface area contributed by atoms with E-state index in [4.69, 9.17) is 11.6 Å². The highest BCUT2D eigenvalue weighted by Gasteiger charge is 2.18. The molecule has 0 saturated heterocycles. The van der Waals surface area contributed by atoms with Gasteiger partial charge in [-0.15, -0.1) is 0 Å². The summed E-state index contributed by atoms with van der Waals surface area (Å²) in [4.78, 5) is 21.3. The Morgan fingerprint density at radius 2 is 2.15 bits per heavy atom. The van der Waals surface area contributed by atoms with Crippen molar-refractivity contribution >= 4 is 63.0 Å². The zero-order valence-electron chi connectivity index (χ0n) is 9.93. The highest BCUT2D eigenvalue weighted by Crippen LogP contribution is 2.39. The normalized spacial score (nSPS) is 12.8. The molecule has 1 aliphatic rings. The lowest BCUT2D eigenvalue weighted by molar-refractivity contribution is 0.0989. The van der Waals surface area contributed by atoms with E-state index in [1.54, 1.807) is 28.9 Å². The van der Waals surface area contributed by atoms with Crippen molar-refractivity contribution in [1.29, 1.82) is 0 Å². The van der Waals surface area contributed by atoms with Crippen LogP contribution in [0.4, 0.5) is 5.69 Å². The van der Waals surface area contributed by atoms with Gasteiger partial charge in [0.25, 0.3) is 5.91 Å². The first-order chi connectivity index (χ1) is 9.69. The van der Waals surface area contributed by atoms with E-state index in [-0.39, 0.29) is 5.91 Å². The molecule has 3 rings (SSSR count). The van der Waals surface area contributed by atoms with Crippen LogP contribution in [0.15, 0.2) is 51.4 Å². The number of aromatic nitrogens is 1. The third kappa shape index (κ3) is 2.55. The first kappa shape index (κ1) is 13.8. The van der Waals surface area contributed by atoms with Crippen LogP contribution in [0, 0.1) is 0 Å². The molecule has 0 saturated carbocycles. The van der Waals surface area contributed by atoms with Crippen LogP contribution in [0.3, 0.4) is 0 Å². The van der Waals surface area contributed by atoms with Crippen molar-refractivity contribution in [2.75, 3.05) is 0 Å². The molecule has 4 nitrogen and oxygen atoms in total. The highest BCUT2D eigenvalue weighted by atomic mass is 127. The molecule has 1 aromatic carbocycles. The Morgan fingerprint density at radius 3 is 2.95 bits per heavy atom. The van der Waals surface area contributed by atoms with Crippen LogP contribution in [0.5, 0.6) is 0 Å². The zero-order valence-corrected chi connectivity index (χ0v) is 13.7. The number of hydrogen-bond donors (Lipinski definition) is 1. The Kier molecular flexibility index (Phi) is 3.95. The minimum Gasteiger partial charge on any atom is -0.295 e. The van der Waals surface area contributed by atoms with Gasteiger partial charge in [0.15, 0.2) is 0 Å². The number of nitrogens with one attached hydrogen (secondary N) is 1. The number of hydrogen-bond acceptors (Lipinski definition) is 4. The Hall–Kier alpha value is -1.12. The Morgan fingerprint density at radius 1 is 1.35 bits per heavy atom. The molecule has 1 aromatic heterocycles. The molecule has 0 atom stereocenters. The molecule has 0 unspecified atom stereocenters. The molecule has 2 aromatic rings. The van der Waals surface area contributed by atoms with E-state index >= 15 is 0 Å². The van der Waals surface area contributed by atoms with E-state index in [1.165, 1.54) is 18.0 Å². The molecule has 0 bridgehead atoms. The van der Waals surface area contributed by atoms with Crippen molar-refractivity contribution in [2.45, 2.75) is 9.92 Å². The van der Waals surface area contributed by atoms with Gasteiger partial charge in [0.2, 0.25) is 0 Å². The van der Waals surface area contributed by atoms with Crippen molar-refractivity contribution in [2.24, 2.45) is 4.99 Å². The van der Waals surface area contributed by atoms with Gasteiger partial charge < -0.3 is 0 Å². The summed E-state index contributed by atoms with van der Waals surface area (Å²) in [6.07, 6.45) is 1.54. The second-order valence-corrected chi connectivity index (χ2v) is 5.90. The maximum absolute atomic E-state index is 11.6. The van der Waals surface area contributed by atoms with E-state index in [0.717, 1.165) is 15.5 Å². The van der Waals surface area contributed by atoms with Gasteiger partial charge in [0.05, 0.1) is 34.1 Å². The number of carbonyl (C=O) groups is 1. The van der Waals surface area contributed by atoms with Crippen molar-refractivity contribution in [3.05, 3.63) is 47.7 Å². The average Bonchev–Trinajstić information content (AvgIpc) is 2.62. The number of nitrogens with zero attached hydrogens (tertiary/aromatic N) is 2. The SMILES string of the molecule is O=C(NI)c1cnc2c(c1)N=C(Cl)c1ccccc1S2. The molecular weight excluding hydrogens is 409 g/mol. The van der Waals surface area contributed by atoms with Gasteiger partial charge >= 0.3 is 0 Å². The zero-order chi connectivity index (χ0) is 14.1. The minimum atomic E-state index is -0.209. The first-order valence-corrected chi connectivity index (χ1v) is 7.89. The number of benzene rings is 1. The summed E-state index contributed by atoms with van der Waals surface area (Å²) in [5.74, 6) is -0.209. The third-order valence-corrected chi connectivity index (χ3v) is 4.58. The van der Waals surface area contributed by atoms with Crippen LogP contribution in [0.1, 0.15) is 15.9 Å². The Balaban J connectivity index is 2.13. The smallest absolute Gasteiger partial charge is 0.261 e. The summed E-state index contributed by atoms with van der Waals surface area (Å²) in [5, 5.41) is 1.14. The fourth-order valence-corrected chi connectivity index (χ4v) is 3.34. The van der Waals surface area contributed by atoms with E-state index < -0.39 is 0 Å². The van der Waals surface area contributed by atoms with Crippen LogP contribution in [0.25, 0.3) is 0 Å². The molecule has 100 valence electrons. The fourth-order valence-electron chi connectivity index (χ4n) is 1.77. The highest BCUT2D eigenvalue weighted by molar-refractivity contribution is 14.1. The summed E-state index contributed by atoms with van der Waals surface area (Å²) in [6, 6.07) is 9.44. The van der Waals surface area contributed by atoms with Crippen LogP contribution in [0.2, 0.25) is 0 Å². The standard InChI is InChI=1S/C13H7ClIN3OS/c14-11-8-3-1-2-4-10(8)20-13-9(17-11)5-7(6-16-13)12(19)18-15/h1-6H,(H,18,19). The molecule has 0 radical (unpaired) electrons.